The maximum Gasteiger partial charge on any atom is 0.352 e. The molecule has 0 aliphatic carbocycles. The van der Waals surface area contributed by atoms with Crippen molar-refractivity contribution in [3.05, 3.63) is 32.6 Å². The van der Waals surface area contributed by atoms with Gasteiger partial charge in [0.15, 0.2) is 0 Å². The van der Waals surface area contributed by atoms with Crippen LogP contribution in [-0.4, -0.2) is 25.2 Å². The van der Waals surface area contributed by atoms with Crippen molar-refractivity contribution in [3.8, 4) is 0 Å². The third kappa shape index (κ3) is 1.18. The number of carboxylic acids is 1. The smallest absolute Gasteiger partial charge is 0.352 e. The molecule has 0 spiro atoms. The number of nitrogens with one attached hydrogen (secondary N) is 1. The molecular formula is C9H9N3O4. The molecule has 0 bridgehead atoms. The summed E-state index contributed by atoms with van der Waals surface area (Å²) < 4.78 is 2.13. The second kappa shape index (κ2) is 3.09. The van der Waals surface area contributed by atoms with Crippen LogP contribution < -0.4 is 11.2 Å². The minimum atomic E-state index is -1.18. The number of carboxylic acid groups (broad SMARTS) is 1. The lowest BCUT2D eigenvalue weighted by Gasteiger charge is -2.02. The summed E-state index contributed by atoms with van der Waals surface area (Å²) in [5.74, 6) is -1.18. The van der Waals surface area contributed by atoms with Gasteiger partial charge in [0.05, 0.1) is 5.39 Å². The third-order valence-electron chi connectivity index (χ3n) is 2.47. The number of hydrogen-bond acceptors (Lipinski definition) is 3. The van der Waals surface area contributed by atoms with Gasteiger partial charge in [-0.05, 0) is 6.07 Å². The van der Waals surface area contributed by atoms with Crippen molar-refractivity contribution in [3.63, 3.8) is 0 Å². The van der Waals surface area contributed by atoms with E-state index < -0.39 is 17.2 Å². The number of fused-ring (bicyclic) bond motifs is 1. The second-order valence-electron chi connectivity index (χ2n) is 3.46. The summed E-state index contributed by atoms with van der Waals surface area (Å²) in [5.41, 5.74) is -0.920. The number of hydrogen-bond donors (Lipinski definition) is 2. The Morgan fingerprint density at radius 3 is 2.50 bits per heavy atom. The van der Waals surface area contributed by atoms with Gasteiger partial charge in [-0.3, -0.25) is 13.9 Å². The maximum absolute atomic E-state index is 11.7. The van der Waals surface area contributed by atoms with Crippen LogP contribution >= 0.6 is 0 Å². The molecule has 0 fully saturated rings. The largest absolute Gasteiger partial charge is 0.477 e. The molecule has 7 heteroatoms. The second-order valence-corrected chi connectivity index (χ2v) is 3.46. The van der Waals surface area contributed by atoms with Gasteiger partial charge in [-0.15, -0.1) is 0 Å². The van der Waals surface area contributed by atoms with Crippen molar-refractivity contribution >= 4 is 17.0 Å². The molecule has 2 aromatic heterocycles. The Bertz CT molecular complexity index is 704. The topological polar surface area (TPSA) is 97.1 Å². The van der Waals surface area contributed by atoms with Crippen molar-refractivity contribution in [1.29, 1.82) is 0 Å². The fraction of sp³-hybridized carbons (Fsp3) is 0.222. The molecule has 2 heterocycles. The molecule has 0 unspecified atom stereocenters. The van der Waals surface area contributed by atoms with E-state index >= 15 is 0 Å². The van der Waals surface area contributed by atoms with Crippen molar-refractivity contribution in [2.45, 2.75) is 0 Å². The van der Waals surface area contributed by atoms with Crippen LogP contribution in [-0.2, 0) is 14.1 Å². The number of rotatable bonds is 1. The Hall–Kier alpha value is -2.31. The lowest BCUT2D eigenvalue weighted by atomic mass is 10.3. The molecule has 0 saturated carbocycles. The predicted molar refractivity (Wildman–Crippen MR) is 55.7 cm³/mol. The highest BCUT2D eigenvalue weighted by atomic mass is 16.4. The highest BCUT2D eigenvalue weighted by Gasteiger charge is 2.14. The first-order valence-corrected chi connectivity index (χ1v) is 4.45. The zero-order chi connectivity index (χ0) is 12.0. The monoisotopic (exact) mass is 223 g/mol. The Morgan fingerprint density at radius 1 is 1.31 bits per heavy atom. The van der Waals surface area contributed by atoms with Gasteiger partial charge in [0, 0.05) is 14.1 Å². The van der Waals surface area contributed by atoms with Gasteiger partial charge in [-0.2, -0.15) is 0 Å². The van der Waals surface area contributed by atoms with Gasteiger partial charge < -0.3 is 10.1 Å². The minimum absolute atomic E-state index is 0.117. The number of carbonyl (C=O) groups is 1. The van der Waals surface area contributed by atoms with E-state index in [4.69, 9.17) is 5.11 Å². The van der Waals surface area contributed by atoms with E-state index in [0.717, 1.165) is 4.57 Å². The SMILES string of the molecule is Cn1c(=O)c2cc(C(=O)O)[nH]c2n(C)c1=O. The van der Waals surface area contributed by atoms with E-state index in [1.807, 2.05) is 0 Å². The third-order valence-corrected chi connectivity index (χ3v) is 2.47. The Balaban J connectivity index is 3.04. The Labute approximate surface area is 88.6 Å². The average Bonchev–Trinajstić information content (AvgIpc) is 2.68. The molecule has 2 N–H and O–H groups in total. The van der Waals surface area contributed by atoms with E-state index in [1.54, 1.807) is 0 Å². The summed E-state index contributed by atoms with van der Waals surface area (Å²) in [6.07, 6.45) is 0. The number of aromatic carboxylic acids is 1. The Morgan fingerprint density at radius 2 is 1.94 bits per heavy atom. The zero-order valence-electron chi connectivity index (χ0n) is 8.64. The fourth-order valence-electron chi connectivity index (χ4n) is 1.57. The quantitative estimate of drug-likeness (QED) is 0.665. The normalized spacial score (nSPS) is 10.9. The van der Waals surface area contributed by atoms with Crippen LogP contribution in [0.25, 0.3) is 11.0 Å². The van der Waals surface area contributed by atoms with Gasteiger partial charge in [-0.25, -0.2) is 9.59 Å². The van der Waals surface area contributed by atoms with Crippen molar-refractivity contribution in [2.75, 3.05) is 0 Å². The summed E-state index contributed by atoms with van der Waals surface area (Å²) in [6, 6.07) is 1.22. The van der Waals surface area contributed by atoms with E-state index in [2.05, 4.69) is 4.98 Å². The van der Waals surface area contributed by atoms with Crippen LogP contribution in [0.15, 0.2) is 15.7 Å². The van der Waals surface area contributed by atoms with Crippen LogP contribution in [0.4, 0.5) is 0 Å². The molecule has 16 heavy (non-hydrogen) atoms. The van der Waals surface area contributed by atoms with E-state index in [9.17, 15) is 14.4 Å². The molecule has 0 aliphatic heterocycles. The van der Waals surface area contributed by atoms with Gasteiger partial charge in [-0.1, -0.05) is 0 Å². The molecule has 84 valence electrons. The maximum atomic E-state index is 11.7. The first kappa shape index (κ1) is 10.2. The number of H-pyrrole nitrogens is 1. The highest BCUT2D eigenvalue weighted by molar-refractivity contribution is 5.92. The van der Waals surface area contributed by atoms with Gasteiger partial charge >= 0.3 is 11.7 Å². The van der Waals surface area contributed by atoms with Gasteiger partial charge in [0.1, 0.15) is 11.3 Å². The van der Waals surface area contributed by atoms with Crippen molar-refractivity contribution < 1.29 is 9.90 Å². The predicted octanol–water partition coefficient (Wildman–Crippen LogP) is -0.737. The summed E-state index contributed by atoms with van der Waals surface area (Å²) in [7, 11) is 2.81. The number of nitrogens with zero attached hydrogens (tertiary/aromatic N) is 2. The molecule has 0 aromatic carbocycles. The molecule has 7 nitrogen and oxygen atoms in total. The van der Waals surface area contributed by atoms with Crippen LogP contribution in [0.3, 0.4) is 0 Å². The highest BCUT2D eigenvalue weighted by Crippen LogP contribution is 2.08. The molecule has 2 aromatic rings. The van der Waals surface area contributed by atoms with Crippen molar-refractivity contribution in [2.24, 2.45) is 14.1 Å². The number of aromatic amines is 1. The molecule has 0 saturated heterocycles. The van der Waals surface area contributed by atoms with E-state index in [-0.39, 0.29) is 16.7 Å². The molecular weight excluding hydrogens is 214 g/mol. The lowest BCUT2D eigenvalue weighted by Crippen LogP contribution is -2.36. The van der Waals surface area contributed by atoms with Gasteiger partial charge in [0.2, 0.25) is 0 Å². The minimum Gasteiger partial charge on any atom is -0.477 e. The van der Waals surface area contributed by atoms with E-state index in [0.29, 0.717) is 0 Å². The average molecular weight is 223 g/mol. The Kier molecular flexibility index (Phi) is 1.97. The fourth-order valence-corrected chi connectivity index (χ4v) is 1.57. The lowest BCUT2D eigenvalue weighted by molar-refractivity contribution is 0.0691. The van der Waals surface area contributed by atoms with Crippen LogP contribution in [0.5, 0.6) is 0 Å². The standard InChI is InChI=1S/C9H9N3O4/c1-11-6-4(3-5(10-6)8(14)15)7(13)12(2)9(11)16/h3,10H,1-2H3,(H,14,15). The van der Waals surface area contributed by atoms with Crippen LogP contribution in [0.2, 0.25) is 0 Å². The summed E-state index contributed by atoms with van der Waals surface area (Å²) >= 11 is 0. The molecule has 0 aliphatic rings. The number of aromatic nitrogens is 3. The zero-order valence-corrected chi connectivity index (χ0v) is 8.64. The van der Waals surface area contributed by atoms with Gasteiger partial charge in [0.25, 0.3) is 5.56 Å². The summed E-state index contributed by atoms with van der Waals surface area (Å²) in [4.78, 5) is 36.5. The molecule has 0 radical (unpaired) electrons. The van der Waals surface area contributed by atoms with Crippen LogP contribution in [0, 0.1) is 0 Å². The molecule has 2 rings (SSSR count). The van der Waals surface area contributed by atoms with Crippen molar-refractivity contribution in [1.82, 2.24) is 14.1 Å². The molecule has 0 amide bonds. The first-order valence-electron chi connectivity index (χ1n) is 4.45. The van der Waals surface area contributed by atoms with Crippen LogP contribution in [0.1, 0.15) is 10.5 Å². The summed E-state index contributed by atoms with van der Waals surface area (Å²) in [5, 5.41) is 8.96. The molecule has 0 atom stereocenters. The first-order chi connectivity index (χ1) is 7.43. The summed E-state index contributed by atoms with van der Waals surface area (Å²) in [6.45, 7) is 0. The van der Waals surface area contributed by atoms with E-state index in [1.165, 1.54) is 24.7 Å². The number of aryl methyl sites for hydroxylation is 1.